The van der Waals surface area contributed by atoms with Crippen LogP contribution in [0.1, 0.15) is 119 Å². The first kappa shape index (κ1) is 53.4. The van der Waals surface area contributed by atoms with E-state index < -0.39 is 88.2 Å². The van der Waals surface area contributed by atoms with E-state index in [1.165, 1.54) is 0 Å². The third-order valence-electron chi connectivity index (χ3n) is 9.68. The van der Waals surface area contributed by atoms with E-state index in [1.807, 2.05) is 45.0 Å². The third-order valence-corrected chi connectivity index (χ3v) is 12.1. The molecule has 0 radical (unpaired) electrons. The lowest BCUT2D eigenvalue weighted by Crippen LogP contribution is -2.52. The van der Waals surface area contributed by atoms with Crippen molar-refractivity contribution in [2.75, 3.05) is 26.0 Å². The monoisotopic (exact) mass is 897 g/mol. The molecule has 15 nitrogen and oxygen atoms in total. The molecule has 0 aliphatic heterocycles. The number of esters is 2. The second-order valence-electron chi connectivity index (χ2n) is 20.6. The molecule has 1 aromatic carbocycles. The summed E-state index contributed by atoms with van der Waals surface area (Å²) in [5, 5.41) is 8.43. The first-order chi connectivity index (χ1) is 27.9. The fraction of sp³-hybridized carbons (Fsp3) is 0.750. The molecular weight excluding hydrogens is 821 g/mol. The summed E-state index contributed by atoms with van der Waals surface area (Å²) in [6, 6.07) is 5.85. The highest BCUT2D eigenvalue weighted by molar-refractivity contribution is 7.88. The van der Waals surface area contributed by atoms with Crippen LogP contribution in [-0.4, -0.2) is 101 Å². The van der Waals surface area contributed by atoms with Gasteiger partial charge in [-0.3, -0.25) is 14.4 Å². The van der Waals surface area contributed by atoms with Crippen molar-refractivity contribution in [1.82, 2.24) is 20.7 Å². The lowest BCUT2D eigenvalue weighted by molar-refractivity contribution is -0.160. The fourth-order valence-corrected chi connectivity index (χ4v) is 8.31. The van der Waals surface area contributed by atoms with Crippen LogP contribution < -0.4 is 25.4 Å². The van der Waals surface area contributed by atoms with Crippen LogP contribution in [0.3, 0.4) is 0 Å². The van der Waals surface area contributed by atoms with Crippen molar-refractivity contribution in [2.45, 2.75) is 175 Å². The number of nitrogens with one attached hydrogen (secondary N) is 4. The molecule has 0 bridgehead atoms. The van der Waals surface area contributed by atoms with Gasteiger partial charge >= 0.3 is 18.0 Å². The van der Waals surface area contributed by atoms with Crippen LogP contribution >= 0.6 is 0 Å². The second-order valence-corrected chi connectivity index (χ2v) is 28.0. The summed E-state index contributed by atoms with van der Waals surface area (Å²) in [7, 11) is -5.40. The largest absolute Gasteiger partial charge is 0.488 e. The fourth-order valence-electron chi connectivity index (χ4n) is 6.85. The van der Waals surface area contributed by atoms with Crippen molar-refractivity contribution >= 4 is 47.9 Å². The van der Waals surface area contributed by atoms with Crippen molar-refractivity contribution in [2.24, 2.45) is 11.3 Å². The zero-order valence-corrected chi connectivity index (χ0v) is 40.9. The maximum atomic E-state index is 14.6. The molecule has 0 aromatic heterocycles. The van der Waals surface area contributed by atoms with E-state index in [4.69, 9.17) is 18.9 Å². The van der Waals surface area contributed by atoms with Crippen molar-refractivity contribution in [3.63, 3.8) is 0 Å². The van der Waals surface area contributed by atoms with Crippen molar-refractivity contribution in [3.05, 3.63) is 29.8 Å². The summed E-state index contributed by atoms with van der Waals surface area (Å²) < 4.78 is 49.8. The number of amides is 3. The van der Waals surface area contributed by atoms with Gasteiger partial charge in [0.2, 0.25) is 21.8 Å². The van der Waals surface area contributed by atoms with Crippen molar-refractivity contribution < 1.29 is 51.3 Å². The van der Waals surface area contributed by atoms with Gasteiger partial charge in [0.25, 0.3) is 0 Å². The number of ether oxygens (including phenoxy) is 4. The molecule has 1 fully saturated rings. The van der Waals surface area contributed by atoms with Gasteiger partial charge in [0.1, 0.15) is 34.6 Å². The number of alkyl carbamates (subject to hydrolysis) is 1. The Labute approximate surface area is 366 Å². The smallest absolute Gasteiger partial charge is 0.407 e. The van der Waals surface area contributed by atoms with Gasteiger partial charge in [0.05, 0.1) is 24.2 Å². The number of rotatable bonds is 22. The van der Waals surface area contributed by atoms with E-state index in [0.717, 1.165) is 11.8 Å². The lowest BCUT2D eigenvalue weighted by atomic mass is 9.76. The number of carbonyl (C=O) groups excluding carboxylic acids is 5. The van der Waals surface area contributed by atoms with Gasteiger partial charge in [0, 0.05) is 27.6 Å². The number of unbranched alkanes of at least 4 members (excludes halogenated alkanes) is 1. The van der Waals surface area contributed by atoms with Gasteiger partial charge in [-0.1, -0.05) is 44.6 Å². The zero-order chi connectivity index (χ0) is 46.5. The molecule has 3 atom stereocenters. The van der Waals surface area contributed by atoms with Crippen LogP contribution in [0.2, 0.25) is 25.7 Å². The maximum absolute atomic E-state index is 14.6. The quantitative estimate of drug-likeness (QED) is 0.0433. The van der Waals surface area contributed by atoms with Crippen LogP contribution in [0.5, 0.6) is 5.75 Å². The Kier molecular flexibility index (Phi) is 19.8. The molecule has 1 saturated carbocycles. The minimum absolute atomic E-state index is 0.0330. The molecule has 4 N–H and O–H groups in total. The maximum Gasteiger partial charge on any atom is 0.407 e. The Morgan fingerprint density at radius 1 is 0.787 bits per heavy atom. The Morgan fingerprint density at radius 3 is 1.90 bits per heavy atom. The van der Waals surface area contributed by atoms with Crippen LogP contribution in [0.15, 0.2) is 24.3 Å². The molecule has 1 aliphatic carbocycles. The SMILES string of the molecule is CC(C)(C)OC(=O)NCCCC[C@H](NS(C)(=O)=O)C(=O)NC[C@H](CC1(C(=O)N[C@@H](Cc2ccc(OC(C)(C)C)cc2)C(=O)OC(C)(C)C)CCCC1)C(=O)OCC[Si](C)(C)C. The molecule has 0 unspecified atom stereocenters. The van der Waals surface area contributed by atoms with E-state index in [2.05, 4.69) is 40.3 Å². The topological polar surface area (TPSA) is 205 Å². The Hall–Kier alpha value is -3.70. The Bertz CT molecular complexity index is 1720. The van der Waals surface area contributed by atoms with Crippen molar-refractivity contribution in [3.8, 4) is 5.75 Å². The number of sulfonamides is 1. The zero-order valence-electron chi connectivity index (χ0n) is 39.1. The second kappa shape index (κ2) is 22.6. The average Bonchev–Trinajstić information content (AvgIpc) is 3.56. The van der Waals surface area contributed by atoms with Gasteiger partial charge in [0.15, 0.2) is 0 Å². The number of hydrogen-bond donors (Lipinski definition) is 4. The molecular formula is C44H76N4O11SSi. The molecule has 3 amide bonds. The van der Waals surface area contributed by atoms with Crippen LogP contribution in [-0.2, 0) is 49.8 Å². The van der Waals surface area contributed by atoms with Crippen molar-refractivity contribution in [1.29, 1.82) is 0 Å². The van der Waals surface area contributed by atoms with E-state index in [0.29, 0.717) is 50.3 Å². The van der Waals surface area contributed by atoms with Gasteiger partial charge in [-0.15, -0.1) is 0 Å². The van der Waals surface area contributed by atoms with Crippen LogP contribution in [0, 0.1) is 11.3 Å². The summed E-state index contributed by atoms with van der Waals surface area (Å²) in [6.45, 7) is 23.1. The first-order valence-corrected chi connectivity index (χ1v) is 27.2. The highest BCUT2D eigenvalue weighted by Crippen LogP contribution is 2.44. The van der Waals surface area contributed by atoms with E-state index in [1.54, 1.807) is 41.5 Å². The van der Waals surface area contributed by atoms with Gasteiger partial charge < -0.3 is 34.9 Å². The summed E-state index contributed by atoms with van der Waals surface area (Å²) in [6.07, 6.45) is 3.83. The van der Waals surface area contributed by atoms with Gasteiger partial charge in [-0.25, -0.2) is 22.7 Å². The average molecular weight is 897 g/mol. The predicted molar refractivity (Wildman–Crippen MR) is 239 cm³/mol. The highest BCUT2D eigenvalue weighted by Gasteiger charge is 2.46. The molecule has 348 valence electrons. The molecule has 0 saturated heterocycles. The first-order valence-electron chi connectivity index (χ1n) is 21.6. The molecule has 61 heavy (non-hydrogen) atoms. The molecule has 17 heteroatoms. The summed E-state index contributed by atoms with van der Waals surface area (Å²) >= 11 is 0. The molecule has 0 heterocycles. The van der Waals surface area contributed by atoms with E-state index in [-0.39, 0.29) is 39.0 Å². The Balaban J connectivity index is 2.34. The number of carbonyl (C=O) groups is 5. The molecule has 2 rings (SSSR count). The Morgan fingerprint density at radius 2 is 1.38 bits per heavy atom. The normalized spacial score (nSPS) is 16.1. The molecule has 1 aromatic rings. The third kappa shape index (κ3) is 22.3. The van der Waals surface area contributed by atoms with Gasteiger partial charge in [-0.2, -0.15) is 0 Å². The molecule has 0 spiro atoms. The lowest BCUT2D eigenvalue weighted by Gasteiger charge is -2.33. The van der Waals surface area contributed by atoms with Gasteiger partial charge in [-0.05, 0) is 125 Å². The number of benzene rings is 1. The van der Waals surface area contributed by atoms with E-state index >= 15 is 0 Å². The number of hydrogen-bond acceptors (Lipinski definition) is 11. The summed E-state index contributed by atoms with van der Waals surface area (Å²) in [5.74, 6) is -2.49. The standard InChI is InChI=1S/C44H76N4O11SSi/c1-41(2,3)57-33-21-19-31(20-22-33)28-35(38(51)58-42(4,5)6)47-39(52)44(23-15-16-24-44)29-32(37(50)56-26-27-61(11,12)13)30-46-36(49)34(48-60(10,54)55)18-14-17-25-45-40(53)59-43(7,8)9/h19-22,32,34-35,48H,14-18,23-30H2,1-13H3,(H,45,53)(H,46,49)(H,47,52)/t32-,34-,35-/m0/s1. The summed E-state index contributed by atoms with van der Waals surface area (Å²) in [5.41, 5.74) is -2.17. The highest BCUT2D eigenvalue weighted by atomic mass is 32.2. The summed E-state index contributed by atoms with van der Waals surface area (Å²) in [4.78, 5) is 67.8. The predicted octanol–water partition coefficient (Wildman–Crippen LogP) is 6.41. The minimum atomic E-state index is -3.81. The van der Waals surface area contributed by atoms with Crippen LogP contribution in [0.4, 0.5) is 4.79 Å². The van der Waals surface area contributed by atoms with E-state index in [9.17, 15) is 32.4 Å². The van der Waals surface area contributed by atoms with Crippen LogP contribution in [0.25, 0.3) is 0 Å². The minimum Gasteiger partial charge on any atom is -0.488 e. The molecule has 1 aliphatic rings.